The second-order valence-corrected chi connectivity index (χ2v) is 4.86. The largest absolute Gasteiger partial charge is 0.385 e. The summed E-state index contributed by atoms with van der Waals surface area (Å²) in [5.74, 6) is 0. The molecule has 1 aromatic rings. The maximum Gasteiger partial charge on any atom is 0.316 e. The Balaban J connectivity index is 1.95. The highest BCUT2D eigenvalue weighted by Gasteiger charge is 2.12. The van der Waals surface area contributed by atoms with Crippen molar-refractivity contribution in [2.75, 3.05) is 32.5 Å². The predicted octanol–water partition coefficient (Wildman–Crippen LogP) is 1.86. The number of carbonyl (C=O) groups is 1. The number of hydrogen-bond acceptors (Lipinski definition) is 2. The molecule has 0 aliphatic carbocycles. The Morgan fingerprint density at radius 2 is 2.28 bits per heavy atom. The summed E-state index contributed by atoms with van der Waals surface area (Å²) < 4.78 is 0. The van der Waals surface area contributed by atoms with Crippen LogP contribution < -0.4 is 10.6 Å². The third-order valence-electron chi connectivity index (χ3n) is 3.24. The van der Waals surface area contributed by atoms with E-state index in [1.54, 1.807) is 19.0 Å². The van der Waals surface area contributed by atoms with E-state index in [2.05, 4.69) is 28.8 Å². The molecule has 2 N–H and O–H groups in total. The second kappa shape index (κ2) is 5.76. The van der Waals surface area contributed by atoms with Crippen molar-refractivity contribution in [3.63, 3.8) is 0 Å². The van der Waals surface area contributed by atoms with Crippen molar-refractivity contribution in [2.45, 2.75) is 19.3 Å². The van der Waals surface area contributed by atoms with Gasteiger partial charge in [-0.3, -0.25) is 0 Å². The van der Waals surface area contributed by atoms with Crippen molar-refractivity contribution in [2.24, 2.45) is 0 Å². The second-order valence-electron chi connectivity index (χ2n) is 4.86. The summed E-state index contributed by atoms with van der Waals surface area (Å²) in [5, 5.41) is 6.37. The van der Waals surface area contributed by atoms with Crippen LogP contribution in [0.2, 0.25) is 0 Å². The zero-order valence-electron chi connectivity index (χ0n) is 11.1. The highest BCUT2D eigenvalue weighted by Crippen LogP contribution is 2.26. The minimum absolute atomic E-state index is 0.0345. The number of rotatable bonds is 3. The van der Waals surface area contributed by atoms with Crippen LogP contribution in [-0.2, 0) is 12.8 Å². The van der Waals surface area contributed by atoms with E-state index < -0.39 is 0 Å². The molecule has 18 heavy (non-hydrogen) atoms. The lowest BCUT2D eigenvalue weighted by Gasteiger charge is -2.21. The highest BCUT2D eigenvalue weighted by atomic mass is 16.2. The summed E-state index contributed by atoms with van der Waals surface area (Å²) >= 11 is 0. The molecule has 0 atom stereocenters. The quantitative estimate of drug-likeness (QED) is 0.856. The summed E-state index contributed by atoms with van der Waals surface area (Å²) in [7, 11) is 3.50. The molecule has 1 aromatic carbocycles. The van der Waals surface area contributed by atoms with Crippen LogP contribution in [0.25, 0.3) is 0 Å². The van der Waals surface area contributed by atoms with E-state index in [-0.39, 0.29) is 6.03 Å². The zero-order valence-corrected chi connectivity index (χ0v) is 11.1. The molecule has 1 heterocycles. The minimum atomic E-state index is -0.0345. The third kappa shape index (κ3) is 2.94. The molecule has 0 fully saturated rings. The van der Waals surface area contributed by atoms with Gasteiger partial charge in [0, 0.05) is 32.9 Å². The van der Waals surface area contributed by atoms with Crippen LogP contribution in [0.5, 0.6) is 0 Å². The summed E-state index contributed by atoms with van der Waals surface area (Å²) in [4.78, 5) is 13.0. The van der Waals surface area contributed by atoms with Gasteiger partial charge in [0.2, 0.25) is 0 Å². The fourth-order valence-corrected chi connectivity index (χ4v) is 2.25. The zero-order chi connectivity index (χ0) is 13.0. The number of benzene rings is 1. The molecule has 0 radical (unpaired) electrons. The van der Waals surface area contributed by atoms with E-state index in [4.69, 9.17) is 0 Å². The molecule has 0 aromatic heterocycles. The molecule has 0 saturated carbocycles. The number of anilines is 1. The van der Waals surface area contributed by atoms with Gasteiger partial charge >= 0.3 is 6.03 Å². The van der Waals surface area contributed by atoms with E-state index in [1.165, 1.54) is 23.2 Å². The van der Waals surface area contributed by atoms with Gasteiger partial charge in [-0.2, -0.15) is 0 Å². The number of fused-ring (bicyclic) bond motifs is 1. The van der Waals surface area contributed by atoms with E-state index >= 15 is 0 Å². The minimum Gasteiger partial charge on any atom is -0.385 e. The molecular weight excluding hydrogens is 226 g/mol. The van der Waals surface area contributed by atoms with Crippen LogP contribution >= 0.6 is 0 Å². The molecular formula is C14H21N3O. The lowest BCUT2D eigenvalue weighted by atomic mass is 9.98. The smallest absolute Gasteiger partial charge is 0.316 e. The fourth-order valence-electron chi connectivity index (χ4n) is 2.25. The monoisotopic (exact) mass is 247 g/mol. The van der Waals surface area contributed by atoms with Crippen LogP contribution in [0.15, 0.2) is 18.2 Å². The molecule has 0 bridgehead atoms. The first kappa shape index (κ1) is 12.7. The van der Waals surface area contributed by atoms with Crippen LogP contribution in [0, 0.1) is 0 Å². The number of aryl methyl sites for hydroxylation is 1. The first-order valence-electron chi connectivity index (χ1n) is 6.48. The van der Waals surface area contributed by atoms with Crippen molar-refractivity contribution in [1.29, 1.82) is 0 Å². The number of hydrogen-bond donors (Lipinski definition) is 2. The summed E-state index contributed by atoms with van der Waals surface area (Å²) in [6, 6.07) is 6.39. The lowest BCUT2D eigenvalue weighted by molar-refractivity contribution is 0.217. The Bertz CT molecular complexity index is 429. The molecule has 0 unspecified atom stereocenters. The molecule has 0 spiro atoms. The van der Waals surface area contributed by atoms with Crippen LogP contribution in [-0.4, -0.2) is 38.1 Å². The van der Waals surface area contributed by atoms with Gasteiger partial charge in [0.25, 0.3) is 0 Å². The summed E-state index contributed by atoms with van der Waals surface area (Å²) in [6.07, 6.45) is 3.23. The molecule has 98 valence electrons. The average molecular weight is 247 g/mol. The molecule has 1 aliphatic rings. The molecule has 0 saturated heterocycles. The average Bonchev–Trinajstić information content (AvgIpc) is 2.38. The Kier molecular flexibility index (Phi) is 4.07. The van der Waals surface area contributed by atoms with Crippen LogP contribution in [0.3, 0.4) is 0 Å². The summed E-state index contributed by atoms with van der Waals surface area (Å²) in [5.41, 5.74) is 3.98. The maximum absolute atomic E-state index is 11.4. The normalized spacial score (nSPS) is 13.4. The molecule has 4 nitrogen and oxygen atoms in total. The Morgan fingerprint density at radius 1 is 1.44 bits per heavy atom. The van der Waals surface area contributed by atoms with E-state index in [0.29, 0.717) is 6.54 Å². The van der Waals surface area contributed by atoms with Crippen LogP contribution in [0.1, 0.15) is 17.5 Å². The molecule has 1 aliphatic heterocycles. The third-order valence-corrected chi connectivity index (χ3v) is 3.24. The first-order chi connectivity index (χ1) is 8.68. The number of nitrogens with one attached hydrogen (secondary N) is 2. The van der Waals surface area contributed by atoms with Gasteiger partial charge in [-0.25, -0.2) is 4.79 Å². The Morgan fingerprint density at radius 3 is 3.06 bits per heavy atom. The van der Waals surface area contributed by atoms with Crippen molar-refractivity contribution >= 4 is 11.7 Å². The highest BCUT2D eigenvalue weighted by molar-refractivity contribution is 5.73. The van der Waals surface area contributed by atoms with Gasteiger partial charge in [-0.15, -0.1) is 0 Å². The number of para-hydroxylation sites is 1. The standard InChI is InChI=1S/C14H21N3O/c1-17(2)14(18)16-10-8-12-6-3-5-11-7-4-9-15-13(11)12/h3,5-6,15H,4,7-10H2,1-2H3,(H,16,18). The van der Waals surface area contributed by atoms with E-state index in [1.807, 2.05) is 0 Å². The number of amides is 2. The molecule has 2 rings (SSSR count). The van der Waals surface area contributed by atoms with Gasteiger partial charge in [-0.05, 0) is 30.4 Å². The van der Waals surface area contributed by atoms with E-state index in [0.717, 1.165) is 19.4 Å². The van der Waals surface area contributed by atoms with Crippen molar-refractivity contribution < 1.29 is 4.79 Å². The van der Waals surface area contributed by atoms with Gasteiger partial charge < -0.3 is 15.5 Å². The first-order valence-corrected chi connectivity index (χ1v) is 6.48. The Labute approximate surface area is 108 Å². The maximum atomic E-state index is 11.4. The van der Waals surface area contributed by atoms with Crippen molar-refractivity contribution in [3.05, 3.63) is 29.3 Å². The lowest BCUT2D eigenvalue weighted by Crippen LogP contribution is -2.35. The van der Waals surface area contributed by atoms with Gasteiger partial charge in [0.05, 0.1) is 0 Å². The van der Waals surface area contributed by atoms with Crippen molar-refractivity contribution in [1.82, 2.24) is 10.2 Å². The fraction of sp³-hybridized carbons (Fsp3) is 0.500. The number of carbonyl (C=O) groups excluding carboxylic acids is 1. The molecule has 2 amide bonds. The summed E-state index contributed by atoms with van der Waals surface area (Å²) in [6.45, 7) is 1.73. The van der Waals surface area contributed by atoms with Crippen molar-refractivity contribution in [3.8, 4) is 0 Å². The number of urea groups is 1. The SMILES string of the molecule is CN(C)C(=O)NCCc1cccc2c1NCCC2. The predicted molar refractivity (Wildman–Crippen MR) is 74.0 cm³/mol. The van der Waals surface area contributed by atoms with Crippen LogP contribution in [0.4, 0.5) is 10.5 Å². The van der Waals surface area contributed by atoms with Gasteiger partial charge in [0.15, 0.2) is 0 Å². The van der Waals surface area contributed by atoms with Gasteiger partial charge in [-0.1, -0.05) is 18.2 Å². The molecule has 4 heteroatoms. The number of nitrogens with zero attached hydrogens (tertiary/aromatic N) is 1. The van der Waals surface area contributed by atoms with E-state index in [9.17, 15) is 4.79 Å². The topological polar surface area (TPSA) is 44.4 Å². The Hall–Kier alpha value is -1.71. The van der Waals surface area contributed by atoms with Gasteiger partial charge in [0.1, 0.15) is 0 Å².